The highest BCUT2D eigenvalue weighted by Gasteiger charge is 2.17. The molecule has 0 amide bonds. The SMILES string of the molecule is Cc1[nH]c2ccccc2[n+]1CC(O)COCc1ccccc1. The van der Waals surface area contributed by atoms with Crippen molar-refractivity contribution >= 4 is 11.0 Å². The second-order valence-corrected chi connectivity index (χ2v) is 5.49. The lowest BCUT2D eigenvalue weighted by molar-refractivity contribution is -0.684. The van der Waals surface area contributed by atoms with Crippen molar-refractivity contribution in [2.75, 3.05) is 6.61 Å². The summed E-state index contributed by atoms with van der Waals surface area (Å²) in [6.07, 6.45) is -0.536. The Kier molecular flexibility index (Phi) is 4.51. The van der Waals surface area contributed by atoms with Crippen LogP contribution in [0.15, 0.2) is 54.6 Å². The monoisotopic (exact) mass is 297 g/mol. The number of benzene rings is 2. The van der Waals surface area contributed by atoms with Gasteiger partial charge in [-0.3, -0.25) is 0 Å². The van der Waals surface area contributed by atoms with Crippen LogP contribution in [0, 0.1) is 6.92 Å². The van der Waals surface area contributed by atoms with Crippen LogP contribution in [0.2, 0.25) is 0 Å². The number of para-hydroxylation sites is 2. The van der Waals surface area contributed by atoms with Crippen molar-refractivity contribution in [1.29, 1.82) is 0 Å². The summed E-state index contributed by atoms with van der Waals surface area (Å²) in [6.45, 7) is 3.37. The van der Waals surface area contributed by atoms with E-state index >= 15 is 0 Å². The molecule has 1 aromatic heterocycles. The molecule has 1 unspecified atom stereocenters. The number of aliphatic hydroxyl groups is 1. The third kappa shape index (κ3) is 3.35. The molecule has 0 saturated heterocycles. The number of nitrogens with zero attached hydrogens (tertiary/aromatic N) is 1. The lowest BCUT2D eigenvalue weighted by Crippen LogP contribution is -2.43. The number of H-pyrrole nitrogens is 1. The normalized spacial score (nSPS) is 12.6. The van der Waals surface area contributed by atoms with Gasteiger partial charge in [-0.05, 0) is 17.7 Å². The van der Waals surface area contributed by atoms with E-state index in [0.717, 1.165) is 22.4 Å². The third-order valence-corrected chi connectivity index (χ3v) is 3.73. The van der Waals surface area contributed by atoms with Crippen molar-refractivity contribution < 1.29 is 14.4 Å². The zero-order valence-corrected chi connectivity index (χ0v) is 12.7. The van der Waals surface area contributed by atoms with Crippen molar-refractivity contribution in [3.63, 3.8) is 0 Å². The topological polar surface area (TPSA) is 49.1 Å². The number of aromatic amines is 1. The number of ether oxygens (including phenoxy) is 1. The van der Waals surface area contributed by atoms with Gasteiger partial charge in [0.05, 0.1) is 13.2 Å². The van der Waals surface area contributed by atoms with Crippen LogP contribution in [-0.4, -0.2) is 22.8 Å². The summed E-state index contributed by atoms with van der Waals surface area (Å²) >= 11 is 0. The number of fused-ring (bicyclic) bond motifs is 1. The average Bonchev–Trinajstić information content (AvgIpc) is 2.84. The molecule has 0 aliphatic carbocycles. The molecule has 0 saturated carbocycles. The van der Waals surface area contributed by atoms with E-state index in [1.165, 1.54) is 0 Å². The first-order valence-electron chi connectivity index (χ1n) is 7.51. The molecule has 3 aromatic rings. The zero-order valence-electron chi connectivity index (χ0n) is 12.7. The van der Waals surface area contributed by atoms with Gasteiger partial charge in [0.25, 0.3) is 5.82 Å². The van der Waals surface area contributed by atoms with Crippen LogP contribution in [-0.2, 0) is 17.9 Å². The molecule has 0 aliphatic heterocycles. The van der Waals surface area contributed by atoms with Crippen LogP contribution in [0.5, 0.6) is 0 Å². The van der Waals surface area contributed by atoms with Gasteiger partial charge >= 0.3 is 0 Å². The molecular weight excluding hydrogens is 276 g/mol. The second-order valence-electron chi connectivity index (χ2n) is 5.49. The molecule has 0 bridgehead atoms. The highest BCUT2D eigenvalue weighted by Crippen LogP contribution is 2.09. The summed E-state index contributed by atoms with van der Waals surface area (Å²) in [5.41, 5.74) is 3.30. The maximum absolute atomic E-state index is 10.2. The van der Waals surface area contributed by atoms with Gasteiger partial charge in [0, 0.05) is 6.92 Å². The van der Waals surface area contributed by atoms with Crippen molar-refractivity contribution in [3.05, 3.63) is 66.0 Å². The van der Waals surface area contributed by atoms with Gasteiger partial charge in [-0.1, -0.05) is 42.5 Å². The number of nitrogens with one attached hydrogen (secondary N) is 1. The number of rotatable bonds is 6. The van der Waals surface area contributed by atoms with E-state index in [9.17, 15) is 5.11 Å². The summed E-state index contributed by atoms with van der Waals surface area (Å²) < 4.78 is 7.70. The molecule has 0 spiro atoms. The smallest absolute Gasteiger partial charge is 0.252 e. The standard InChI is InChI=1S/C18H20N2O2/c1-14-19-17-9-5-6-10-18(17)20(14)11-16(21)13-22-12-15-7-3-2-4-8-15/h2-10,16,21H,11-13H2,1H3/p+1. The molecule has 114 valence electrons. The fourth-order valence-electron chi connectivity index (χ4n) is 2.64. The molecule has 0 radical (unpaired) electrons. The zero-order chi connectivity index (χ0) is 15.4. The van der Waals surface area contributed by atoms with E-state index in [1.54, 1.807) is 0 Å². The summed E-state index contributed by atoms with van der Waals surface area (Å²) in [7, 11) is 0. The van der Waals surface area contributed by atoms with E-state index in [1.807, 2.05) is 55.5 Å². The molecule has 0 aliphatic rings. The highest BCUT2D eigenvalue weighted by molar-refractivity contribution is 5.70. The van der Waals surface area contributed by atoms with Crippen molar-refractivity contribution in [2.45, 2.75) is 26.2 Å². The minimum Gasteiger partial charge on any atom is -0.387 e. The molecule has 4 nitrogen and oxygen atoms in total. The van der Waals surface area contributed by atoms with Gasteiger partial charge < -0.3 is 9.84 Å². The molecule has 2 N–H and O–H groups in total. The molecule has 4 heteroatoms. The number of imidazole rings is 1. The summed E-state index contributed by atoms with van der Waals surface area (Å²) in [5.74, 6) is 1.03. The molecular formula is C18H21N2O2+. The van der Waals surface area contributed by atoms with Crippen LogP contribution in [0.3, 0.4) is 0 Å². The first kappa shape index (κ1) is 14.8. The highest BCUT2D eigenvalue weighted by atomic mass is 16.5. The largest absolute Gasteiger partial charge is 0.387 e. The lowest BCUT2D eigenvalue weighted by Gasteiger charge is -2.10. The Morgan fingerprint density at radius 1 is 1.09 bits per heavy atom. The Bertz CT molecular complexity index is 737. The molecule has 2 aromatic carbocycles. The summed E-state index contributed by atoms with van der Waals surface area (Å²) in [4.78, 5) is 3.33. The van der Waals surface area contributed by atoms with Gasteiger partial charge in [-0.15, -0.1) is 0 Å². The van der Waals surface area contributed by atoms with Crippen molar-refractivity contribution in [2.24, 2.45) is 0 Å². The molecule has 1 atom stereocenters. The maximum Gasteiger partial charge on any atom is 0.252 e. The average molecular weight is 297 g/mol. The van der Waals surface area contributed by atoms with Gasteiger partial charge in [-0.2, -0.15) is 0 Å². The minimum atomic E-state index is -0.536. The number of aryl methyl sites for hydroxylation is 1. The van der Waals surface area contributed by atoms with E-state index < -0.39 is 6.10 Å². The first-order valence-corrected chi connectivity index (χ1v) is 7.51. The Morgan fingerprint density at radius 3 is 2.64 bits per heavy atom. The number of hydrogen-bond donors (Lipinski definition) is 2. The van der Waals surface area contributed by atoms with Crippen molar-refractivity contribution in [3.8, 4) is 0 Å². The van der Waals surface area contributed by atoms with E-state index in [0.29, 0.717) is 19.8 Å². The Balaban J connectivity index is 1.59. The lowest BCUT2D eigenvalue weighted by atomic mass is 10.2. The van der Waals surface area contributed by atoms with E-state index in [4.69, 9.17) is 4.74 Å². The van der Waals surface area contributed by atoms with E-state index in [2.05, 4.69) is 15.6 Å². The maximum atomic E-state index is 10.2. The van der Waals surface area contributed by atoms with Crippen LogP contribution >= 0.6 is 0 Å². The summed E-state index contributed by atoms with van der Waals surface area (Å²) in [6, 6.07) is 18.1. The molecule has 3 rings (SSSR count). The molecule has 22 heavy (non-hydrogen) atoms. The second kappa shape index (κ2) is 6.73. The molecule has 1 heterocycles. The van der Waals surface area contributed by atoms with Crippen LogP contribution in [0.1, 0.15) is 11.4 Å². The predicted molar refractivity (Wildman–Crippen MR) is 85.3 cm³/mol. The number of aromatic nitrogens is 2. The van der Waals surface area contributed by atoms with Crippen LogP contribution in [0.4, 0.5) is 0 Å². The van der Waals surface area contributed by atoms with Crippen molar-refractivity contribution in [1.82, 2.24) is 4.98 Å². The number of aliphatic hydroxyl groups excluding tert-OH is 1. The minimum absolute atomic E-state index is 0.320. The third-order valence-electron chi connectivity index (χ3n) is 3.73. The van der Waals surface area contributed by atoms with Crippen LogP contribution in [0.25, 0.3) is 11.0 Å². The summed E-state index contributed by atoms with van der Waals surface area (Å²) in [5, 5.41) is 10.2. The molecule has 0 fully saturated rings. The fourth-order valence-corrected chi connectivity index (χ4v) is 2.64. The fraction of sp³-hybridized carbons (Fsp3) is 0.278. The Hall–Kier alpha value is -2.17. The number of hydrogen-bond acceptors (Lipinski definition) is 2. The van der Waals surface area contributed by atoms with Crippen LogP contribution < -0.4 is 4.57 Å². The van der Waals surface area contributed by atoms with Gasteiger partial charge in [0.1, 0.15) is 12.6 Å². The van der Waals surface area contributed by atoms with Gasteiger partial charge in [0.15, 0.2) is 11.0 Å². The quantitative estimate of drug-likeness (QED) is 0.686. The first-order chi connectivity index (χ1) is 10.7. The van der Waals surface area contributed by atoms with Gasteiger partial charge in [-0.25, -0.2) is 9.55 Å². The van der Waals surface area contributed by atoms with E-state index in [-0.39, 0.29) is 0 Å². The Labute approximate surface area is 130 Å². The Morgan fingerprint density at radius 2 is 1.82 bits per heavy atom. The van der Waals surface area contributed by atoms with Gasteiger partial charge in [0.2, 0.25) is 0 Å². The predicted octanol–water partition coefficient (Wildman–Crippen LogP) is 2.34.